The van der Waals surface area contributed by atoms with E-state index in [9.17, 15) is 19.3 Å². The third kappa shape index (κ3) is 3.91. The van der Waals surface area contributed by atoms with Crippen LogP contribution in [0.4, 0.5) is 15.8 Å². The Morgan fingerprint density at radius 2 is 1.95 bits per heavy atom. The zero-order chi connectivity index (χ0) is 15.1. The van der Waals surface area contributed by atoms with Crippen molar-refractivity contribution >= 4 is 17.3 Å². The molecular formula is C13H18FN3O3. The standard InChI is InChI=1S/C13H18FN3O3/c1-3-5-15-11-7-9(13(18)16-6-4-2)12(17(19)20)8-10(11)14/h7-8,15H,3-6H2,1-2H3,(H,16,18). The van der Waals surface area contributed by atoms with Crippen molar-refractivity contribution < 1.29 is 14.1 Å². The Hall–Kier alpha value is -2.18. The zero-order valence-electron chi connectivity index (χ0n) is 11.5. The van der Waals surface area contributed by atoms with Crippen LogP contribution in [0.5, 0.6) is 0 Å². The van der Waals surface area contributed by atoms with Crippen LogP contribution in [0.1, 0.15) is 37.0 Å². The van der Waals surface area contributed by atoms with E-state index in [1.807, 2.05) is 13.8 Å². The third-order valence-corrected chi connectivity index (χ3v) is 2.63. The van der Waals surface area contributed by atoms with E-state index >= 15 is 0 Å². The number of anilines is 1. The second kappa shape index (κ2) is 7.42. The molecule has 2 N–H and O–H groups in total. The Bertz CT molecular complexity index is 506. The summed E-state index contributed by atoms with van der Waals surface area (Å²) in [6, 6.07) is 1.97. The predicted octanol–water partition coefficient (Wildman–Crippen LogP) is 2.70. The molecule has 0 aromatic heterocycles. The van der Waals surface area contributed by atoms with Crippen molar-refractivity contribution in [2.45, 2.75) is 26.7 Å². The van der Waals surface area contributed by atoms with Gasteiger partial charge in [0.25, 0.3) is 11.6 Å². The second-order valence-electron chi connectivity index (χ2n) is 4.29. The van der Waals surface area contributed by atoms with Crippen LogP contribution in [0.25, 0.3) is 0 Å². The predicted molar refractivity (Wildman–Crippen MR) is 74.5 cm³/mol. The van der Waals surface area contributed by atoms with Crippen molar-refractivity contribution in [3.63, 3.8) is 0 Å². The molecule has 0 heterocycles. The van der Waals surface area contributed by atoms with Crippen molar-refractivity contribution in [2.75, 3.05) is 18.4 Å². The fourth-order valence-corrected chi connectivity index (χ4v) is 1.62. The molecule has 0 bridgehead atoms. The first-order valence-electron chi connectivity index (χ1n) is 6.51. The van der Waals surface area contributed by atoms with Gasteiger partial charge in [-0.2, -0.15) is 0 Å². The zero-order valence-corrected chi connectivity index (χ0v) is 11.5. The Morgan fingerprint density at radius 1 is 1.30 bits per heavy atom. The Kier molecular flexibility index (Phi) is 5.89. The molecule has 0 radical (unpaired) electrons. The van der Waals surface area contributed by atoms with Crippen molar-refractivity contribution in [3.05, 3.63) is 33.6 Å². The lowest BCUT2D eigenvalue weighted by atomic mass is 10.1. The number of amides is 1. The molecule has 0 fully saturated rings. The van der Waals surface area contributed by atoms with Crippen molar-refractivity contribution in [1.82, 2.24) is 5.32 Å². The minimum absolute atomic E-state index is 0.0964. The van der Waals surface area contributed by atoms with Crippen LogP contribution in [0.2, 0.25) is 0 Å². The summed E-state index contributed by atoms with van der Waals surface area (Å²) in [5, 5.41) is 16.3. The highest BCUT2D eigenvalue weighted by Crippen LogP contribution is 2.26. The molecule has 0 spiro atoms. The van der Waals surface area contributed by atoms with E-state index in [0.29, 0.717) is 19.5 Å². The molecule has 0 saturated carbocycles. The number of nitro benzene ring substituents is 1. The summed E-state index contributed by atoms with van der Waals surface area (Å²) in [4.78, 5) is 22.1. The van der Waals surface area contributed by atoms with Crippen LogP contribution in [0, 0.1) is 15.9 Å². The topological polar surface area (TPSA) is 84.3 Å². The van der Waals surface area contributed by atoms with Gasteiger partial charge in [0.1, 0.15) is 5.56 Å². The third-order valence-electron chi connectivity index (χ3n) is 2.63. The van der Waals surface area contributed by atoms with Crippen LogP contribution in [-0.4, -0.2) is 23.9 Å². The lowest BCUT2D eigenvalue weighted by Gasteiger charge is -2.10. The summed E-state index contributed by atoms with van der Waals surface area (Å²) in [7, 11) is 0. The van der Waals surface area contributed by atoms with Gasteiger partial charge in [-0.3, -0.25) is 14.9 Å². The van der Waals surface area contributed by atoms with Crippen LogP contribution in [-0.2, 0) is 0 Å². The molecule has 0 saturated heterocycles. The van der Waals surface area contributed by atoms with E-state index < -0.39 is 22.3 Å². The molecule has 110 valence electrons. The molecule has 1 amide bonds. The Balaban J connectivity index is 3.16. The van der Waals surface area contributed by atoms with Gasteiger partial charge in [0, 0.05) is 13.1 Å². The highest BCUT2D eigenvalue weighted by atomic mass is 19.1. The molecule has 1 aromatic carbocycles. The molecule has 20 heavy (non-hydrogen) atoms. The number of rotatable bonds is 7. The minimum atomic E-state index is -0.756. The average Bonchev–Trinajstić information content (AvgIpc) is 2.42. The van der Waals surface area contributed by atoms with Gasteiger partial charge in [0.2, 0.25) is 0 Å². The van der Waals surface area contributed by atoms with Gasteiger partial charge in [-0.25, -0.2) is 4.39 Å². The molecular weight excluding hydrogens is 265 g/mol. The SMILES string of the molecule is CCCNC(=O)c1cc(NCCC)c(F)cc1[N+](=O)[O-]. The summed E-state index contributed by atoms with van der Waals surface area (Å²) in [5.74, 6) is -1.31. The number of halogens is 1. The number of hydrogen-bond acceptors (Lipinski definition) is 4. The van der Waals surface area contributed by atoms with E-state index in [1.165, 1.54) is 6.07 Å². The summed E-state index contributed by atoms with van der Waals surface area (Å²) in [6.45, 7) is 4.70. The molecule has 1 aromatic rings. The normalized spacial score (nSPS) is 10.2. The maximum atomic E-state index is 13.7. The maximum Gasteiger partial charge on any atom is 0.285 e. The summed E-state index contributed by atoms with van der Waals surface area (Å²) >= 11 is 0. The Labute approximate surface area is 116 Å². The van der Waals surface area contributed by atoms with Gasteiger partial charge >= 0.3 is 0 Å². The fraction of sp³-hybridized carbons (Fsp3) is 0.462. The summed E-state index contributed by atoms with van der Waals surface area (Å²) in [5.41, 5.74) is -0.569. The number of carbonyl (C=O) groups excluding carboxylic acids is 1. The smallest absolute Gasteiger partial charge is 0.285 e. The van der Waals surface area contributed by atoms with Crippen molar-refractivity contribution in [2.24, 2.45) is 0 Å². The monoisotopic (exact) mass is 283 g/mol. The molecule has 0 aliphatic heterocycles. The largest absolute Gasteiger partial charge is 0.383 e. The highest BCUT2D eigenvalue weighted by molar-refractivity contribution is 5.99. The number of nitrogens with one attached hydrogen (secondary N) is 2. The van der Waals surface area contributed by atoms with Crippen molar-refractivity contribution in [1.29, 1.82) is 0 Å². The Morgan fingerprint density at radius 3 is 2.50 bits per heavy atom. The van der Waals surface area contributed by atoms with Gasteiger partial charge in [0.15, 0.2) is 5.82 Å². The molecule has 0 aliphatic rings. The van der Waals surface area contributed by atoms with Crippen molar-refractivity contribution in [3.8, 4) is 0 Å². The average molecular weight is 283 g/mol. The molecule has 7 heteroatoms. The van der Waals surface area contributed by atoms with E-state index in [4.69, 9.17) is 0 Å². The van der Waals surface area contributed by atoms with Crippen LogP contribution >= 0.6 is 0 Å². The molecule has 1 rings (SSSR count). The number of carbonyl (C=O) groups is 1. The first-order chi connectivity index (χ1) is 9.51. The fourth-order valence-electron chi connectivity index (χ4n) is 1.62. The summed E-state index contributed by atoms with van der Waals surface area (Å²) < 4.78 is 13.7. The van der Waals surface area contributed by atoms with Gasteiger partial charge in [-0.1, -0.05) is 13.8 Å². The number of nitrogens with zero attached hydrogens (tertiary/aromatic N) is 1. The first kappa shape index (κ1) is 15.9. The van der Waals surface area contributed by atoms with E-state index in [-0.39, 0.29) is 11.3 Å². The van der Waals surface area contributed by atoms with Crippen LogP contribution in [0.3, 0.4) is 0 Å². The first-order valence-corrected chi connectivity index (χ1v) is 6.51. The lowest BCUT2D eigenvalue weighted by Crippen LogP contribution is -2.25. The van der Waals surface area contributed by atoms with Gasteiger partial charge < -0.3 is 10.6 Å². The summed E-state index contributed by atoms with van der Waals surface area (Å²) in [6.07, 6.45) is 1.48. The molecule has 0 atom stereocenters. The molecule has 0 unspecified atom stereocenters. The number of nitro groups is 1. The molecule has 0 aliphatic carbocycles. The highest BCUT2D eigenvalue weighted by Gasteiger charge is 2.23. The van der Waals surface area contributed by atoms with Gasteiger partial charge in [-0.05, 0) is 18.9 Å². The van der Waals surface area contributed by atoms with E-state index in [2.05, 4.69) is 10.6 Å². The maximum absolute atomic E-state index is 13.7. The van der Waals surface area contributed by atoms with Crippen LogP contribution < -0.4 is 10.6 Å². The minimum Gasteiger partial charge on any atom is -0.383 e. The van der Waals surface area contributed by atoms with Gasteiger partial charge in [-0.15, -0.1) is 0 Å². The van der Waals surface area contributed by atoms with E-state index in [0.717, 1.165) is 12.5 Å². The number of hydrogen-bond donors (Lipinski definition) is 2. The van der Waals surface area contributed by atoms with Gasteiger partial charge in [0.05, 0.1) is 16.7 Å². The lowest BCUT2D eigenvalue weighted by molar-refractivity contribution is -0.385. The number of benzene rings is 1. The second-order valence-corrected chi connectivity index (χ2v) is 4.29. The molecule has 6 nitrogen and oxygen atoms in total. The quantitative estimate of drug-likeness (QED) is 0.595. The van der Waals surface area contributed by atoms with E-state index in [1.54, 1.807) is 0 Å². The van der Waals surface area contributed by atoms with Crippen LogP contribution in [0.15, 0.2) is 12.1 Å².